The van der Waals surface area contributed by atoms with E-state index < -0.39 is 0 Å². The number of ether oxygens (including phenoxy) is 1. The maximum absolute atomic E-state index is 13.5. The van der Waals surface area contributed by atoms with Crippen LogP contribution >= 0.6 is 0 Å². The lowest BCUT2D eigenvalue weighted by Gasteiger charge is -2.34. The number of carbonyl (C=O) groups is 1. The van der Waals surface area contributed by atoms with E-state index in [1.807, 2.05) is 55.6 Å². The molecule has 2 aromatic carbocycles. The first-order valence-corrected chi connectivity index (χ1v) is 10.3. The number of pyridine rings is 1. The Morgan fingerprint density at radius 1 is 1.14 bits per heavy atom. The molecule has 150 valence electrons. The lowest BCUT2D eigenvalue weighted by molar-refractivity contribution is -0.898. The normalized spacial score (nSPS) is 14.9. The number of aromatic nitrogens is 1. The topological polar surface area (TPSA) is 48.1 Å². The first-order chi connectivity index (χ1) is 14.1. The van der Waals surface area contributed by atoms with Crippen LogP contribution in [0, 0.1) is 6.92 Å². The van der Waals surface area contributed by atoms with Gasteiger partial charge in [0.05, 0.1) is 50.9 Å². The lowest BCUT2D eigenvalue weighted by atomic mass is 9.98. The van der Waals surface area contributed by atoms with Crippen LogP contribution in [0.3, 0.4) is 0 Å². The Morgan fingerprint density at radius 3 is 2.52 bits per heavy atom. The molecule has 0 spiro atoms. The summed E-state index contributed by atoms with van der Waals surface area (Å²) >= 11 is 0. The van der Waals surface area contributed by atoms with Crippen LogP contribution in [0.15, 0.2) is 48.7 Å². The standard InChI is InChI=1S/C24H27N3O2/c1-4-26-11-13-27(14-12-26)23-20-15-19(29-3)9-10-22(20)25-16-21(23)24(28)18-7-5-17(2)6-8-18/h5-10,15-16H,4,11-14H2,1-3H3/p+2. The van der Waals surface area contributed by atoms with Crippen LogP contribution in [0.25, 0.3) is 10.9 Å². The van der Waals surface area contributed by atoms with Crippen molar-refractivity contribution in [2.45, 2.75) is 13.8 Å². The summed E-state index contributed by atoms with van der Waals surface area (Å²) in [5.74, 6) is 0.844. The highest BCUT2D eigenvalue weighted by Crippen LogP contribution is 2.32. The number of rotatable bonds is 5. The fourth-order valence-corrected chi connectivity index (χ4v) is 4.11. The Morgan fingerprint density at radius 2 is 1.86 bits per heavy atom. The van der Waals surface area contributed by atoms with Gasteiger partial charge in [0.2, 0.25) is 11.3 Å². The molecule has 0 saturated carbocycles. The minimum Gasteiger partial charge on any atom is -0.497 e. The van der Waals surface area contributed by atoms with Crippen LogP contribution in [-0.4, -0.2) is 45.6 Å². The van der Waals surface area contributed by atoms with Crippen molar-refractivity contribution in [3.63, 3.8) is 0 Å². The first-order valence-electron chi connectivity index (χ1n) is 10.3. The molecule has 0 aliphatic carbocycles. The maximum Gasteiger partial charge on any atom is 0.213 e. The summed E-state index contributed by atoms with van der Waals surface area (Å²) in [6.07, 6.45) is 1.87. The van der Waals surface area contributed by atoms with E-state index >= 15 is 0 Å². The molecule has 1 fully saturated rings. The maximum atomic E-state index is 13.5. The smallest absolute Gasteiger partial charge is 0.213 e. The molecule has 1 saturated heterocycles. The van der Waals surface area contributed by atoms with E-state index in [2.05, 4.69) is 16.8 Å². The van der Waals surface area contributed by atoms with Crippen molar-refractivity contribution >= 4 is 22.4 Å². The highest BCUT2D eigenvalue weighted by atomic mass is 16.5. The number of nitrogens with zero attached hydrogens (tertiary/aromatic N) is 1. The lowest BCUT2D eigenvalue weighted by Crippen LogP contribution is -3.14. The third-order valence-electron chi connectivity index (χ3n) is 5.95. The van der Waals surface area contributed by atoms with Gasteiger partial charge in [0.15, 0.2) is 6.20 Å². The predicted octanol–water partition coefficient (Wildman–Crippen LogP) is 1.93. The van der Waals surface area contributed by atoms with Gasteiger partial charge in [0.1, 0.15) is 11.3 Å². The zero-order chi connectivity index (χ0) is 20.4. The summed E-state index contributed by atoms with van der Waals surface area (Å²) in [4.78, 5) is 20.8. The van der Waals surface area contributed by atoms with E-state index in [1.54, 1.807) is 12.0 Å². The number of aromatic amines is 1. The van der Waals surface area contributed by atoms with Crippen molar-refractivity contribution in [1.29, 1.82) is 0 Å². The van der Waals surface area contributed by atoms with Crippen LogP contribution in [-0.2, 0) is 0 Å². The average Bonchev–Trinajstić information content (AvgIpc) is 2.78. The summed E-state index contributed by atoms with van der Waals surface area (Å²) < 4.78 is 5.48. The van der Waals surface area contributed by atoms with E-state index in [0.29, 0.717) is 5.56 Å². The number of nitrogens with one attached hydrogen (secondary N) is 2. The van der Waals surface area contributed by atoms with Gasteiger partial charge < -0.3 is 14.5 Å². The number of likely N-dealkylation sites (N-methyl/N-ethyl adjacent to an activating group) is 1. The van der Waals surface area contributed by atoms with Crippen LogP contribution in [0.1, 0.15) is 28.4 Å². The monoisotopic (exact) mass is 391 g/mol. The highest BCUT2D eigenvalue weighted by molar-refractivity contribution is 6.15. The van der Waals surface area contributed by atoms with Crippen molar-refractivity contribution in [3.8, 4) is 5.75 Å². The molecule has 29 heavy (non-hydrogen) atoms. The molecule has 5 heteroatoms. The molecule has 1 aromatic heterocycles. The molecule has 1 aliphatic rings. The van der Waals surface area contributed by atoms with Gasteiger partial charge in [0, 0.05) is 11.6 Å². The number of fused-ring (bicyclic) bond motifs is 1. The van der Waals surface area contributed by atoms with Crippen LogP contribution < -0.4 is 19.5 Å². The number of methoxy groups -OCH3 is 1. The first kappa shape index (κ1) is 19.4. The van der Waals surface area contributed by atoms with E-state index in [9.17, 15) is 4.79 Å². The molecule has 0 radical (unpaired) electrons. The van der Waals surface area contributed by atoms with Crippen molar-refractivity contribution in [2.75, 3.05) is 44.7 Å². The van der Waals surface area contributed by atoms with E-state index in [-0.39, 0.29) is 5.78 Å². The summed E-state index contributed by atoms with van der Waals surface area (Å²) in [5.41, 5.74) is 4.60. The van der Waals surface area contributed by atoms with Gasteiger partial charge in [-0.2, -0.15) is 0 Å². The Labute approximate surface area is 171 Å². The number of H-pyrrole nitrogens is 1. The minimum atomic E-state index is 0.0474. The molecule has 0 unspecified atom stereocenters. The summed E-state index contributed by atoms with van der Waals surface area (Å²) in [6.45, 7) is 9.44. The number of carbonyl (C=O) groups excluding carboxylic acids is 1. The van der Waals surface area contributed by atoms with Crippen LogP contribution in [0.2, 0.25) is 0 Å². The van der Waals surface area contributed by atoms with Gasteiger partial charge in [-0.05, 0) is 26.0 Å². The molecule has 4 rings (SSSR count). The minimum absolute atomic E-state index is 0.0474. The Hall–Kier alpha value is -2.92. The Balaban J connectivity index is 1.84. The highest BCUT2D eigenvalue weighted by Gasteiger charge is 2.28. The number of hydrogen-bond donors (Lipinski definition) is 1. The Bertz CT molecular complexity index is 1020. The molecule has 5 nitrogen and oxygen atoms in total. The van der Waals surface area contributed by atoms with E-state index in [4.69, 9.17) is 4.74 Å². The summed E-state index contributed by atoms with van der Waals surface area (Å²) in [7, 11) is 1.68. The number of quaternary nitrogens is 1. The van der Waals surface area contributed by atoms with Crippen molar-refractivity contribution in [3.05, 3.63) is 65.4 Å². The van der Waals surface area contributed by atoms with Gasteiger partial charge in [-0.1, -0.05) is 29.8 Å². The zero-order valence-electron chi connectivity index (χ0n) is 17.4. The van der Waals surface area contributed by atoms with Gasteiger partial charge in [0.25, 0.3) is 0 Å². The fraction of sp³-hybridized carbons (Fsp3) is 0.333. The van der Waals surface area contributed by atoms with E-state index in [1.165, 1.54) is 0 Å². The van der Waals surface area contributed by atoms with E-state index in [0.717, 1.165) is 66.2 Å². The molecular formula is C24H29N3O2+2. The quantitative estimate of drug-likeness (QED) is 0.676. The fourth-order valence-electron chi connectivity index (χ4n) is 4.11. The van der Waals surface area contributed by atoms with Gasteiger partial charge in [-0.3, -0.25) is 4.79 Å². The molecule has 0 atom stereocenters. The second kappa shape index (κ2) is 8.21. The van der Waals surface area contributed by atoms with Crippen LogP contribution in [0.4, 0.5) is 5.69 Å². The average molecular weight is 392 g/mol. The second-order valence-corrected chi connectivity index (χ2v) is 7.75. The molecular weight excluding hydrogens is 362 g/mol. The third-order valence-corrected chi connectivity index (χ3v) is 5.95. The largest absolute Gasteiger partial charge is 0.497 e. The number of aryl methyl sites for hydroxylation is 1. The van der Waals surface area contributed by atoms with Crippen LogP contribution in [0.5, 0.6) is 5.75 Å². The molecule has 3 aromatic rings. The van der Waals surface area contributed by atoms with Gasteiger partial charge in [-0.15, -0.1) is 0 Å². The number of anilines is 1. The Kier molecular flexibility index (Phi) is 5.49. The summed E-state index contributed by atoms with van der Waals surface area (Å²) in [6, 6.07) is 13.8. The SMILES string of the molecule is CC[NH+]1CCN(c2c(C(=O)c3ccc(C)cc3)c[nH+]c3ccc(OC)cc23)CC1. The van der Waals surface area contributed by atoms with Gasteiger partial charge in [-0.25, -0.2) is 4.98 Å². The number of piperazine rings is 1. The van der Waals surface area contributed by atoms with Crippen molar-refractivity contribution < 1.29 is 19.4 Å². The second-order valence-electron chi connectivity index (χ2n) is 7.75. The number of hydrogen-bond acceptors (Lipinski definition) is 3. The molecule has 2 heterocycles. The predicted molar refractivity (Wildman–Crippen MR) is 115 cm³/mol. The third kappa shape index (κ3) is 3.83. The van der Waals surface area contributed by atoms with Crippen molar-refractivity contribution in [2.24, 2.45) is 0 Å². The summed E-state index contributed by atoms with van der Waals surface area (Å²) in [5, 5.41) is 1.03. The van der Waals surface area contributed by atoms with Crippen molar-refractivity contribution in [1.82, 2.24) is 0 Å². The molecule has 2 N–H and O–H groups in total. The molecule has 0 bridgehead atoms. The molecule has 1 aliphatic heterocycles. The number of ketones is 1. The number of benzene rings is 2. The van der Waals surface area contributed by atoms with Gasteiger partial charge >= 0.3 is 0 Å². The zero-order valence-corrected chi connectivity index (χ0v) is 17.4. The molecule has 0 amide bonds.